The standard InChI is InChI=1S/C20H16Cl2N2/c1-3-5-14-11-20(15-10-17(22)13-23-12-15)24(19(14)4-2)18-8-6-16(21)7-9-18/h3-13H,2H2,1H3/b5-3-. The Kier molecular flexibility index (Phi) is 4.89. The molecule has 0 radical (unpaired) electrons. The summed E-state index contributed by atoms with van der Waals surface area (Å²) in [5.74, 6) is 0. The SMILES string of the molecule is C=Cc1c(/C=C\C)cc(-c2cncc(Cl)c2)n1-c1ccc(Cl)cc1. The van der Waals surface area contributed by atoms with E-state index in [4.69, 9.17) is 23.2 Å². The van der Waals surface area contributed by atoms with Crippen molar-refractivity contribution in [3.8, 4) is 16.9 Å². The second kappa shape index (κ2) is 7.08. The van der Waals surface area contributed by atoms with Crippen LogP contribution in [0, 0.1) is 0 Å². The number of aromatic nitrogens is 2. The number of benzene rings is 1. The molecule has 2 heterocycles. The number of pyridine rings is 1. The van der Waals surface area contributed by atoms with Crippen LogP contribution < -0.4 is 0 Å². The molecular formula is C20H16Cl2N2. The first-order valence-electron chi connectivity index (χ1n) is 7.51. The normalized spacial score (nSPS) is 11.1. The Labute approximate surface area is 151 Å². The van der Waals surface area contributed by atoms with E-state index in [1.54, 1.807) is 12.4 Å². The van der Waals surface area contributed by atoms with Crippen LogP contribution in [0.5, 0.6) is 0 Å². The van der Waals surface area contributed by atoms with Gasteiger partial charge in [-0.1, -0.05) is 41.9 Å². The lowest BCUT2D eigenvalue weighted by molar-refractivity contribution is 1.07. The number of hydrogen-bond donors (Lipinski definition) is 0. The van der Waals surface area contributed by atoms with Gasteiger partial charge in [-0.05, 0) is 49.4 Å². The van der Waals surface area contributed by atoms with E-state index in [9.17, 15) is 0 Å². The highest BCUT2D eigenvalue weighted by atomic mass is 35.5. The maximum absolute atomic E-state index is 6.13. The maximum atomic E-state index is 6.13. The smallest absolute Gasteiger partial charge is 0.0596 e. The zero-order valence-electron chi connectivity index (χ0n) is 13.2. The molecule has 2 aromatic heterocycles. The second-order valence-electron chi connectivity index (χ2n) is 5.28. The van der Waals surface area contributed by atoms with E-state index >= 15 is 0 Å². The maximum Gasteiger partial charge on any atom is 0.0596 e. The van der Waals surface area contributed by atoms with Gasteiger partial charge in [0, 0.05) is 34.2 Å². The molecule has 0 saturated heterocycles. The van der Waals surface area contributed by atoms with Gasteiger partial charge in [-0.3, -0.25) is 4.98 Å². The van der Waals surface area contributed by atoms with E-state index in [0.29, 0.717) is 10.0 Å². The van der Waals surface area contributed by atoms with Gasteiger partial charge in [0.2, 0.25) is 0 Å². The van der Waals surface area contributed by atoms with Crippen LogP contribution in [-0.2, 0) is 0 Å². The topological polar surface area (TPSA) is 17.8 Å². The summed E-state index contributed by atoms with van der Waals surface area (Å²) in [7, 11) is 0. The lowest BCUT2D eigenvalue weighted by atomic mass is 10.1. The average Bonchev–Trinajstić information content (AvgIpc) is 2.94. The molecule has 3 rings (SSSR count). The number of halogens is 2. The summed E-state index contributed by atoms with van der Waals surface area (Å²) in [5, 5.41) is 1.30. The Morgan fingerprint density at radius 1 is 1.04 bits per heavy atom. The Balaban J connectivity index is 2.31. The van der Waals surface area contributed by atoms with Gasteiger partial charge in [0.15, 0.2) is 0 Å². The van der Waals surface area contributed by atoms with Crippen molar-refractivity contribution in [3.05, 3.63) is 82.7 Å². The second-order valence-corrected chi connectivity index (χ2v) is 6.15. The van der Waals surface area contributed by atoms with Crippen molar-refractivity contribution < 1.29 is 0 Å². The summed E-state index contributed by atoms with van der Waals surface area (Å²) in [5.41, 5.74) is 5.02. The Hall–Kier alpha value is -2.29. The highest BCUT2D eigenvalue weighted by molar-refractivity contribution is 6.31. The predicted molar refractivity (Wildman–Crippen MR) is 104 cm³/mol. The van der Waals surface area contributed by atoms with E-state index in [1.807, 2.05) is 49.4 Å². The molecule has 120 valence electrons. The highest BCUT2D eigenvalue weighted by Crippen LogP contribution is 2.32. The Morgan fingerprint density at radius 2 is 1.79 bits per heavy atom. The molecule has 0 aliphatic heterocycles. The van der Waals surface area contributed by atoms with E-state index in [1.165, 1.54) is 0 Å². The van der Waals surface area contributed by atoms with Gasteiger partial charge in [0.05, 0.1) is 16.4 Å². The fourth-order valence-electron chi connectivity index (χ4n) is 2.70. The molecule has 0 unspecified atom stereocenters. The first-order chi connectivity index (χ1) is 11.6. The molecular weight excluding hydrogens is 339 g/mol. The summed E-state index contributed by atoms with van der Waals surface area (Å²) in [4.78, 5) is 4.21. The average molecular weight is 355 g/mol. The van der Waals surface area contributed by atoms with E-state index in [0.717, 1.165) is 28.2 Å². The quantitative estimate of drug-likeness (QED) is 0.521. The van der Waals surface area contributed by atoms with Crippen LogP contribution in [0.15, 0.2) is 61.4 Å². The van der Waals surface area contributed by atoms with Crippen LogP contribution in [-0.4, -0.2) is 9.55 Å². The van der Waals surface area contributed by atoms with Gasteiger partial charge in [0.25, 0.3) is 0 Å². The zero-order chi connectivity index (χ0) is 17.1. The van der Waals surface area contributed by atoms with E-state index in [-0.39, 0.29) is 0 Å². The van der Waals surface area contributed by atoms with Crippen LogP contribution in [0.3, 0.4) is 0 Å². The van der Waals surface area contributed by atoms with Gasteiger partial charge in [-0.2, -0.15) is 0 Å². The monoisotopic (exact) mass is 354 g/mol. The van der Waals surface area contributed by atoms with Crippen LogP contribution >= 0.6 is 23.2 Å². The van der Waals surface area contributed by atoms with Crippen molar-refractivity contribution in [2.75, 3.05) is 0 Å². The van der Waals surface area contributed by atoms with Crippen LogP contribution in [0.2, 0.25) is 10.0 Å². The third-order valence-corrected chi connectivity index (χ3v) is 4.15. The molecule has 0 N–H and O–H groups in total. The number of nitrogens with zero attached hydrogens (tertiary/aromatic N) is 2. The summed E-state index contributed by atoms with van der Waals surface area (Å²) >= 11 is 12.2. The molecule has 0 aliphatic rings. The summed E-state index contributed by atoms with van der Waals surface area (Å²) in [6.07, 6.45) is 9.35. The van der Waals surface area contributed by atoms with Gasteiger partial charge in [-0.25, -0.2) is 0 Å². The number of hydrogen-bond acceptors (Lipinski definition) is 1. The van der Waals surface area contributed by atoms with Crippen molar-refractivity contribution in [2.24, 2.45) is 0 Å². The lowest BCUT2D eigenvalue weighted by Crippen LogP contribution is -1.99. The highest BCUT2D eigenvalue weighted by Gasteiger charge is 2.15. The molecule has 0 saturated carbocycles. The lowest BCUT2D eigenvalue weighted by Gasteiger charge is -2.12. The minimum Gasteiger partial charge on any atom is -0.309 e. The van der Waals surface area contributed by atoms with Crippen molar-refractivity contribution in [2.45, 2.75) is 6.92 Å². The molecule has 0 fully saturated rings. The van der Waals surface area contributed by atoms with Crippen molar-refractivity contribution in [1.82, 2.24) is 9.55 Å². The summed E-state index contributed by atoms with van der Waals surface area (Å²) < 4.78 is 2.13. The van der Waals surface area contributed by atoms with Crippen molar-refractivity contribution in [3.63, 3.8) is 0 Å². The fraction of sp³-hybridized carbons (Fsp3) is 0.0500. The Morgan fingerprint density at radius 3 is 2.42 bits per heavy atom. The van der Waals surface area contributed by atoms with Crippen LogP contribution in [0.25, 0.3) is 29.1 Å². The predicted octanol–water partition coefficient (Wildman–Crippen LogP) is 6.52. The third-order valence-electron chi connectivity index (χ3n) is 3.69. The minimum absolute atomic E-state index is 0.601. The largest absolute Gasteiger partial charge is 0.309 e. The molecule has 0 atom stereocenters. The number of allylic oxidation sites excluding steroid dienone is 1. The Bertz CT molecular complexity index is 906. The minimum atomic E-state index is 0.601. The molecule has 0 aliphatic carbocycles. The molecule has 24 heavy (non-hydrogen) atoms. The molecule has 0 spiro atoms. The van der Waals surface area contributed by atoms with Crippen molar-refractivity contribution >= 4 is 35.4 Å². The van der Waals surface area contributed by atoms with E-state index < -0.39 is 0 Å². The van der Waals surface area contributed by atoms with Gasteiger partial charge in [0.1, 0.15) is 0 Å². The molecule has 0 amide bonds. The van der Waals surface area contributed by atoms with Crippen LogP contribution in [0.1, 0.15) is 18.2 Å². The fourth-order valence-corrected chi connectivity index (χ4v) is 3.00. The third kappa shape index (κ3) is 3.16. The summed E-state index contributed by atoms with van der Waals surface area (Å²) in [6, 6.07) is 11.7. The molecule has 2 nitrogen and oxygen atoms in total. The molecule has 1 aromatic carbocycles. The first-order valence-corrected chi connectivity index (χ1v) is 8.27. The first kappa shape index (κ1) is 16.6. The van der Waals surface area contributed by atoms with Crippen molar-refractivity contribution in [1.29, 1.82) is 0 Å². The van der Waals surface area contributed by atoms with Gasteiger partial charge in [-0.15, -0.1) is 0 Å². The number of rotatable bonds is 4. The molecule has 3 aromatic rings. The van der Waals surface area contributed by atoms with Gasteiger partial charge < -0.3 is 4.57 Å². The zero-order valence-corrected chi connectivity index (χ0v) is 14.7. The van der Waals surface area contributed by atoms with Gasteiger partial charge >= 0.3 is 0 Å². The molecule has 4 heteroatoms. The molecule has 0 bridgehead atoms. The van der Waals surface area contributed by atoms with Crippen LogP contribution in [0.4, 0.5) is 0 Å². The van der Waals surface area contributed by atoms with E-state index in [2.05, 4.69) is 28.3 Å². The summed E-state index contributed by atoms with van der Waals surface area (Å²) in [6.45, 7) is 5.97.